The second kappa shape index (κ2) is 7.49. The monoisotopic (exact) mass is 313 g/mol. The van der Waals surface area contributed by atoms with Gasteiger partial charge in [-0.2, -0.15) is 0 Å². The zero-order valence-electron chi connectivity index (χ0n) is 11.5. The van der Waals surface area contributed by atoms with Crippen molar-refractivity contribution in [2.45, 2.75) is 6.54 Å². The van der Waals surface area contributed by atoms with Crippen LogP contribution in [0.1, 0.15) is 5.56 Å². The zero-order valence-corrected chi connectivity index (χ0v) is 12.2. The van der Waals surface area contributed by atoms with Gasteiger partial charge in [-0.05, 0) is 11.6 Å². The van der Waals surface area contributed by atoms with Gasteiger partial charge in [0, 0.05) is 18.6 Å². The van der Waals surface area contributed by atoms with Crippen molar-refractivity contribution >= 4 is 29.5 Å². The van der Waals surface area contributed by atoms with Crippen LogP contribution in [0.3, 0.4) is 0 Å². The van der Waals surface area contributed by atoms with Crippen molar-refractivity contribution in [2.24, 2.45) is 5.73 Å². The van der Waals surface area contributed by atoms with Gasteiger partial charge in [0.15, 0.2) is 0 Å². The first kappa shape index (κ1) is 16.8. The minimum Gasteiger partial charge on any atom is -0.480 e. The predicted octanol–water partition coefficient (Wildman–Crippen LogP) is 0.764. The fourth-order valence-corrected chi connectivity index (χ4v) is 1.93. The number of carbonyl (C=O) groups is 3. The smallest absolute Gasteiger partial charge is 0.323 e. The van der Waals surface area contributed by atoms with E-state index < -0.39 is 31.0 Å². The van der Waals surface area contributed by atoms with Crippen LogP contribution in [0.2, 0.25) is 5.02 Å². The van der Waals surface area contributed by atoms with E-state index in [2.05, 4.69) is 0 Å². The van der Waals surface area contributed by atoms with Crippen LogP contribution in [0.25, 0.3) is 0 Å². The third kappa shape index (κ3) is 5.31. The lowest BCUT2D eigenvalue weighted by atomic mass is 10.2. The lowest BCUT2D eigenvalue weighted by molar-refractivity contribution is -0.138. The van der Waals surface area contributed by atoms with Gasteiger partial charge >= 0.3 is 12.0 Å². The average Bonchev–Trinajstić information content (AvgIpc) is 2.38. The molecule has 0 radical (unpaired) electrons. The van der Waals surface area contributed by atoms with E-state index in [-0.39, 0.29) is 6.54 Å². The number of urea groups is 1. The Morgan fingerprint density at radius 3 is 2.38 bits per heavy atom. The minimum absolute atomic E-state index is 0.188. The van der Waals surface area contributed by atoms with E-state index in [1.54, 1.807) is 24.3 Å². The highest BCUT2D eigenvalue weighted by Gasteiger charge is 2.22. The van der Waals surface area contributed by atoms with E-state index in [0.717, 1.165) is 4.90 Å². The molecule has 0 saturated carbocycles. The second-order valence-corrected chi connectivity index (χ2v) is 4.85. The Hall–Kier alpha value is -2.28. The Morgan fingerprint density at radius 1 is 1.24 bits per heavy atom. The van der Waals surface area contributed by atoms with Crippen molar-refractivity contribution in [1.82, 2.24) is 9.80 Å². The third-order valence-electron chi connectivity index (χ3n) is 2.64. The molecule has 0 aromatic heterocycles. The maximum atomic E-state index is 12.2. The van der Waals surface area contributed by atoms with Gasteiger partial charge in [0.2, 0.25) is 5.91 Å². The van der Waals surface area contributed by atoms with Gasteiger partial charge in [-0.15, -0.1) is 0 Å². The molecular weight excluding hydrogens is 298 g/mol. The largest absolute Gasteiger partial charge is 0.480 e. The van der Waals surface area contributed by atoms with Gasteiger partial charge in [-0.25, -0.2) is 4.79 Å². The maximum Gasteiger partial charge on any atom is 0.323 e. The summed E-state index contributed by atoms with van der Waals surface area (Å²) < 4.78 is 0. The van der Waals surface area contributed by atoms with E-state index in [9.17, 15) is 14.4 Å². The zero-order chi connectivity index (χ0) is 16.0. The first-order valence-corrected chi connectivity index (χ1v) is 6.42. The van der Waals surface area contributed by atoms with E-state index in [0.29, 0.717) is 10.6 Å². The molecule has 0 fully saturated rings. The number of benzene rings is 1. The molecule has 0 unspecified atom stereocenters. The van der Waals surface area contributed by atoms with Crippen molar-refractivity contribution in [1.29, 1.82) is 0 Å². The second-order valence-electron chi connectivity index (χ2n) is 4.45. The highest BCUT2D eigenvalue weighted by atomic mass is 35.5. The quantitative estimate of drug-likeness (QED) is 0.809. The topological polar surface area (TPSA) is 104 Å². The molecule has 1 rings (SSSR count). The Bertz CT molecular complexity index is 534. The number of aliphatic carboxylic acids is 1. The predicted molar refractivity (Wildman–Crippen MR) is 76.7 cm³/mol. The maximum absolute atomic E-state index is 12.2. The summed E-state index contributed by atoms with van der Waals surface area (Å²) in [5.41, 5.74) is 5.73. The lowest BCUT2D eigenvalue weighted by Crippen LogP contribution is -2.47. The number of nitrogens with two attached hydrogens (primary N) is 1. The molecule has 21 heavy (non-hydrogen) atoms. The number of halogens is 1. The molecule has 0 atom stereocenters. The molecular formula is C13H16ClN3O4. The molecule has 3 amide bonds. The summed E-state index contributed by atoms with van der Waals surface area (Å²) in [7, 11) is 1.49. The highest BCUT2D eigenvalue weighted by Crippen LogP contribution is 2.17. The molecule has 0 saturated heterocycles. The summed E-state index contributed by atoms with van der Waals surface area (Å²) in [6.45, 7) is -0.875. The van der Waals surface area contributed by atoms with Gasteiger partial charge in [0.25, 0.3) is 0 Å². The van der Waals surface area contributed by atoms with Crippen LogP contribution in [0.4, 0.5) is 4.79 Å². The number of carboxylic acids is 1. The lowest BCUT2D eigenvalue weighted by Gasteiger charge is -2.26. The summed E-state index contributed by atoms with van der Waals surface area (Å²) in [5, 5.41) is 9.27. The number of amides is 3. The SMILES string of the molecule is CN(Cc1ccccc1Cl)C(=O)N(CC(N)=O)CC(=O)O. The van der Waals surface area contributed by atoms with Crippen molar-refractivity contribution in [3.8, 4) is 0 Å². The minimum atomic E-state index is -1.23. The highest BCUT2D eigenvalue weighted by molar-refractivity contribution is 6.31. The number of carboxylic acid groups (broad SMARTS) is 1. The molecule has 7 nitrogen and oxygen atoms in total. The first-order chi connectivity index (χ1) is 9.81. The number of hydrogen-bond acceptors (Lipinski definition) is 3. The van der Waals surface area contributed by atoms with Crippen LogP contribution >= 0.6 is 11.6 Å². The van der Waals surface area contributed by atoms with Gasteiger partial charge < -0.3 is 20.6 Å². The van der Waals surface area contributed by atoms with Crippen LogP contribution in [0.5, 0.6) is 0 Å². The van der Waals surface area contributed by atoms with E-state index in [4.69, 9.17) is 22.4 Å². The van der Waals surface area contributed by atoms with Crippen LogP contribution in [0, 0.1) is 0 Å². The Balaban J connectivity index is 2.80. The number of primary amides is 1. The molecule has 0 aliphatic rings. The van der Waals surface area contributed by atoms with E-state index in [1.807, 2.05) is 0 Å². The number of nitrogens with zero attached hydrogens (tertiary/aromatic N) is 2. The van der Waals surface area contributed by atoms with Crippen LogP contribution in [-0.4, -0.2) is 53.0 Å². The molecule has 1 aromatic rings. The Labute approximate surface area is 126 Å². The molecule has 0 aliphatic carbocycles. The van der Waals surface area contributed by atoms with Crippen LogP contribution in [-0.2, 0) is 16.1 Å². The van der Waals surface area contributed by atoms with E-state index >= 15 is 0 Å². The fourth-order valence-electron chi connectivity index (χ4n) is 1.73. The molecule has 8 heteroatoms. The molecule has 0 bridgehead atoms. The summed E-state index contributed by atoms with van der Waals surface area (Å²) in [4.78, 5) is 36.0. The summed E-state index contributed by atoms with van der Waals surface area (Å²) >= 11 is 6.00. The van der Waals surface area contributed by atoms with Gasteiger partial charge in [-0.3, -0.25) is 9.59 Å². The summed E-state index contributed by atoms with van der Waals surface area (Å²) in [6.07, 6.45) is 0. The van der Waals surface area contributed by atoms with Crippen LogP contribution in [0.15, 0.2) is 24.3 Å². The summed E-state index contributed by atoms with van der Waals surface area (Å²) in [5.74, 6) is -2.01. The fraction of sp³-hybridized carbons (Fsp3) is 0.308. The average molecular weight is 314 g/mol. The first-order valence-electron chi connectivity index (χ1n) is 6.04. The van der Waals surface area contributed by atoms with E-state index in [1.165, 1.54) is 11.9 Å². The Kier molecular flexibility index (Phi) is 5.98. The summed E-state index contributed by atoms with van der Waals surface area (Å²) in [6, 6.07) is 6.36. The molecule has 1 aromatic carbocycles. The molecule has 114 valence electrons. The van der Waals surface area contributed by atoms with Crippen molar-refractivity contribution in [3.63, 3.8) is 0 Å². The van der Waals surface area contributed by atoms with Crippen molar-refractivity contribution in [3.05, 3.63) is 34.9 Å². The van der Waals surface area contributed by atoms with Crippen LogP contribution < -0.4 is 5.73 Å². The number of hydrogen-bond donors (Lipinski definition) is 2. The molecule has 0 spiro atoms. The number of rotatable bonds is 6. The normalized spacial score (nSPS) is 10.0. The van der Waals surface area contributed by atoms with Crippen molar-refractivity contribution < 1.29 is 19.5 Å². The third-order valence-corrected chi connectivity index (χ3v) is 3.00. The molecule has 0 aliphatic heterocycles. The molecule has 0 heterocycles. The van der Waals surface area contributed by atoms with Gasteiger partial charge in [0.1, 0.15) is 13.1 Å². The van der Waals surface area contributed by atoms with Crippen molar-refractivity contribution in [2.75, 3.05) is 20.1 Å². The van der Waals surface area contributed by atoms with Gasteiger partial charge in [-0.1, -0.05) is 29.8 Å². The number of carbonyl (C=O) groups excluding carboxylic acids is 2. The Morgan fingerprint density at radius 2 is 1.86 bits per heavy atom. The standard InChI is InChI=1S/C13H16ClN3O4/c1-16(6-9-4-2-3-5-10(9)14)13(21)17(7-11(15)18)8-12(19)20/h2-5H,6-8H2,1H3,(H2,15,18)(H,19,20). The van der Waals surface area contributed by atoms with Gasteiger partial charge in [0.05, 0.1) is 0 Å². The molecule has 3 N–H and O–H groups in total.